The number of aryl methyl sites for hydroxylation is 1. The van der Waals surface area contributed by atoms with Crippen LogP contribution in [0.4, 0.5) is 4.39 Å². The molecule has 0 aliphatic carbocycles. The number of nitrogens with zero attached hydrogens (tertiary/aromatic N) is 3. The first-order chi connectivity index (χ1) is 15.0. The van der Waals surface area contributed by atoms with E-state index < -0.39 is 0 Å². The van der Waals surface area contributed by atoms with Crippen molar-refractivity contribution in [3.63, 3.8) is 0 Å². The molecule has 0 saturated heterocycles. The van der Waals surface area contributed by atoms with Crippen LogP contribution in [0.1, 0.15) is 36.3 Å². The zero-order chi connectivity index (χ0) is 21.8. The van der Waals surface area contributed by atoms with Gasteiger partial charge in [-0.2, -0.15) is 0 Å². The Bertz CT molecular complexity index is 1190. The number of benzene rings is 2. The van der Waals surface area contributed by atoms with Gasteiger partial charge in [0.25, 0.3) is 0 Å². The van der Waals surface area contributed by atoms with Crippen molar-refractivity contribution in [2.75, 3.05) is 0 Å². The largest absolute Gasteiger partial charge is 0.350 e. The molecule has 0 aliphatic heterocycles. The number of amides is 1. The predicted octanol–water partition coefficient (Wildman–Crippen LogP) is 5.19. The molecule has 0 fully saturated rings. The molecule has 1 N–H and O–H groups in total. The molecule has 4 rings (SSSR count). The number of hydrogen-bond acceptors (Lipinski definition) is 3. The van der Waals surface area contributed by atoms with Crippen molar-refractivity contribution < 1.29 is 9.18 Å². The third-order valence-electron chi connectivity index (χ3n) is 5.16. The number of nitrogens with one attached hydrogen (secondary N) is 1. The second kappa shape index (κ2) is 9.39. The van der Waals surface area contributed by atoms with Gasteiger partial charge in [-0.15, -0.1) is 0 Å². The summed E-state index contributed by atoms with van der Waals surface area (Å²) in [6, 6.07) is 18.0. The van der Waals surface area contributed by atoms with Crippen LogP contribution in [0.5, 0.6) is 0 Å². The van der Waals surface area contributed by atoms with Crippen LogP contribution in [-0.4, -0.2) is 20.4 Å². The Kier molecular flexibility index (Phi) is 6.42. The summed E-state index contributed by atoms with van der Waals surface area (Å²) in [6.07, 6.45) is 2.52. The lowest BCUT2D eigenvalue weighted by atomic mass is 10.1. The van der Waals surface area contributed by atoms with Crippen LogP contribution in [0.3, 0.4) is 0 Å². The Labute approximate surface area is 188 Å². The Morgan fingerprint density at radius 1 is 1.13 bits per heavy atom. The second-order valence-electron chi connectivity index (χ2n) is 7.43. The predicted molar refractivity (Wildman–Crippen MR) is 122 cm³/mol. The van der Waals surface area contributed by atoms with Gasteiger partial charge in [-0.05, 0) is 54.4 Å². The van der Waals surface area contributed by atoms with Gasteiger partial charge in [-0.3, -0.25) is 4.79 Å². The Hall–Kier alpha value is -3.06. The Morgan fingerprint density at radius 3 is 2.61 bits per heavy atom. The van der Waals surface area contributed by atoms with E-state index in [0.29, 0.717) is 19.4 Å². The first-order valence-electron chi connectivity index (χ1n) is 10.1. The average molecular weight is 481 g/mol. The Balaban J connectivity index is 1.48. The zero-order valence-corrected chi connectivity index (χ0v) is 18.6. The highest BCUT2D eigenvalue weighted by molar-refractivity contribution is 9.10. The van der Waals surface area contributed by atoms with Crippen LogP contribution in [-0.2, 0) is 17.8 Å². The fourth-order valence-electron chi connectivity index (χ4n) is 3.51. The van der Waals surface area contributed by atoms with E-state index in [-0.39, 0.29) is 17.8 Å². The molecule has 0 spiro atoms. The monoisotopic (exact) mass is 480 g/mol. The molecule has 4 aromatic rings. The molecule has 1 unspecified atom stereocenters. The molecule has 0 aliphatic rings. The van der Waals surface area contributed by atoms with Gasteiger partial charge >= 0.3 is 0 Å². The van der Waals surface area contributed by atoms with E-state index >= 15 is 0 Å². The maximum absolute atomic E-state index is 13.3. The lowest BCUT2D eigenvalue weighted by Gasteiger charge is -2.15. The molecular weight excluding hydrogens is 459 g/mol. The third-order valence-corrected chi connectivity index (χ3v) is 5.69. The number of imidazole rings is 1. The number of carbonyl (C=O) groups excluding carboxylic acids is 1. The molecule has 5 nitrogen and oxygen atoms in total. The minimum atomic E-state index is -0.269. The molecule has 1 atom stereocenters. The molecule has 7 heteroatoms. The van der Waals surface area contributed by atoms with Crippen LogP contribution in [0.25, 0.3) is 11.2 Å². The van der Waals surface area contributed by atoms with Crippen LogP contribution in [0.15, 0.2) is 71.3 Å². The van der Waals surface area contributed by atoms with Gasteiger partial charge in [0, 0.05) is 23.5 Å². The van der Waals surface area contributed by atoms with Crippen molar-refractivity contribution in [3.8, 4) is 0 Å². The molecule has 2 aromatic heterocycles. The summed E-state index contributed by atoms with van der Waals surface area (Å²) in [5.74, 6) is 0.474. The number of halogens is 2. The smallest absolute Gasteiger partial charge is 0.220 e. The van der Waals surface area contributed by atoms with E-state index in [1.165, 1.54) is 12.1 Å². The molecule has 0 saturated carbocycles. The number of hydrogen-bond donors (Lipinski definition) is 1. The zero-order valence-electron chi connectivity index (χ0n) is 17.1. The van der Waals surface area contributed by atoms with Crippen LogP contribution < -0.4 is 5.32 Å². The van der Waals surface area contributed by atoms with Crippen molar-refractivity contribution in [3.05, 3.63) is 94.1 Å². The van der Waals surface area contributed by atoms with E-state index in [9.17, 15) is 9.18 Å². The lowest BCUT2D eigenvalue weighted by Crippen LogP contribution is -2.27. The quantitative estimate of drug-likeness (QED) is 0.395. The molecule has 0 bridgehead atoms. The van der Waals surface area contributed by atoms with Crippen molar-refractivity contribution >= 4 is 33.0 Å². The lowest BCUT2D eigenvalue weighted by molar-refractivity contribution is -0.121. The molecule has 31 heavy (non-hydrogen) atoms. The van der Waals surface area contributed by atoms with Crippen molar-refractivity contribution in [1.82, 2.24) is 19.9 Å². The first kappa shape index (κ1) is 21.2. The number of aromatic nitrogens is 3. The SMILES string of the molecule is CC(NC(=O)CCc1nc2cccnc2n1Cc1ccc(F)cc1)c1ccc(Br)cc1. The van der Waals surface area contributed by atoms with Crippen molar-refractivity contribution in [2.24, 2.45) is 0 Å². The minimum absolute atomic E-state index is 0.0382. The van der Waals surface area contributed by atoms with Crippen molar-refractivity contribution in [2.45, 2.75) is 32.4 Å². The van der Waals surface area contributed by atoms with Gasteiger partial charge in [0.1, 0.15) is 17.2 Å². The van der Waals surface area contributed by atoms with E-state index in [1.807, 2.05) is 47.9 Å². The second-order valence-corrected chi connectivity index (χ2v) is 8.34. The van der Waals surface area contributed by atoms with Crippen LogP contribution >= 0.6 is 15.9 Å². The number of pyridine rings is 1. The summed E-state index contributed by atoms with van der Waals surface area (Å²) in [6.45, 7) is 2.48. The van der Waals surface area contributed by atoms with Gasteiger partial charge in [-0.1, -0.05) is 40.2 Å². The summed E-state index contributed by atoms with van der Waals surface area (Å²) in [5, 5.41) is 3.05. The normalized spacial score (nSPS) is 12.1. The summed E-state index contributed by atoms with van der Waals surface area (Å²) >= 11 is 3.42. The first-order valence-corrected chi connectivity index (χ1v) is 10.9. The molecule has 0 radical (unpaired) electrons. The van der Waals surface area contributed by atoms with E-state index in [1.54, 1.807) is 18.3 Å². The van der Waals surface area contributed by atoms with Gasteiger partial charge in [0.15, 0.2) is 5.65 Å². The molecular formula is C24H22BrFN4O. The van der Waals surface area contributed by atoms with Crippen molar-refractivity contribution in [1.29, 1.82) is 0 Å². The Morgan fingerprint density at radius 2 is 1.87 bits per heavy atom. The van der Waals surface area contributed by atoms with E-state index in [2.05, 4.69) is 31.2 Å². The highest BCUT2D eigenvalue weighted by atomic mass is 79.9. The topological polar surface area (TPSA) is 59.8 Å². The number of rotatable bonds is 7. The fraction of sp³-hybridized carbons (Fsp3) is 0.208. The van der Waals surface area contributed by atoms with E-state index in [0.717, 1.165) is 32.6 Å². The maximum atomic E-state index is 13.3. The summed E-state index contributed by atoms with van der Waals surface area (Å²) < 4.78 is 16.3. The fourth-order valence-corrected chi connectivity index (χ4v) is 3.77. The maximum Gasteiger partial charge on any atom is 0.220 e. The minimum Gasteiger partial charge on any atom is -0.350 e. The molecule has 2 aromatic carbocycles. The summed E-state index contributed by atoms with van der Waals surface area (Å²) in [4.78, 5) is 21.7. The van der Waals surface area contributed by atoms with Gasteiger partial charge < -0.3 is 9.88 Å². The number of carbonyl (C=O) groups is 1. The molecule has 1 amide bonds. The average Bonchev–Trinajstić information content (AvgIpc) is 3.11. The number of fused-ring (bicyclic) bond motifs is 1. The summed E-state index contributed by atoms with van der Waals surface area (Å²) in [5.41, 5.74) is 3.53. The summed E-state index contributed by atoms with van der Waals surface area (Å²) in [7, 11) is 0. The third kappa shape index (κ3) is 5.17. The highest BCUT2D eigenvalue weighted by Gasteiger charge is 2.15. The van der Waals surface area contributed by atoms with Crippen LogP contribution in [0, 0.1) is 5.82 Å². The standard InChI is InChI=1S/C24H22BrFN4O/c1-16(18-6-8-19(25)9-7-18)28-23(31)13-12-22-29-21-3-2-14-27-24(21)30(22)15-17-4-10-20(26)11-5-17/h2-11,14,16H,12-13,15H2,1H3,(H,28,31). The van der Waals surface area contributed by atoms with Gasteiger partial charge in [-0.25, -0.2) is 14.4 Å². The van der Waals surface area contributed by atoms with Gasteiger partial charge in [0.2, 0.25) is 5.91 Å². The molecule has 2 heterocycles. The highest BCUT2D eigenvalue weighted by Crippen LogP contribution is 2.19. The molecule has 158 valence electrons. The van der Waals surface area contributed by atoms with E-state index in [4.69, 9.17) is 0 Å². The van der Waals surface area contributed by atoms with Crippen LogP contribution in [0.2, 0.25) is 0 Å². The van der Waals surface area contributed by atoms with Gasteiger partial charge in [0.05, 0.1) is 12.6 Å².